The summed E-state index contributed by atoms with van der Waals surface area (Å²) in [5.41, 5.74) is 7.13. The van der Waals surface area contributed by atoms with E-state index in [-0.39, 0.29) is 23.5 Å². The number of carbonyl (C=O) groups is 2. The number of primary amides is 1. The first-order valence-electron chi connectivity index (χ1n) is 6.79. The highest BCUT2D eigenvalue weighted by atomic mass is 32.2. The maximum atomic E-state index is 11.5. The molecule has 0 saturated carbocycles. The predicted molar refractivity (Wildman–Crippen MR) is 84.7 cm³/mol. The number of rotatable bonds is 9. The molecule has 0 saturated heterocycles. The highest BCUT2D eigenvalue weighted by Crippen LogP contribution is 2.07. The molecule has 6 heteroatoms. The maximum Gasteiger partial charge on any atom is 0.230 e. The lowest BCUT2D eigenvalue weighted by molar-refractivity contribution is -0.118. The third kappa shape index (κ3) is 8.37. The Kier molecular flexibility index (Phi) is 7.85. The number of amides is 2. The van der Waals surface area contributed by atoms with Gasteiger partial charge in [0, 0.05) is 6.54 Å². The van der Waals surface area contributed by atoms with Gasteiger partial charge in [0.2, 0.25) is 11.8 Å². The Morgan fingerprint density at radius 3 is 2.38 bits per heavy atom. The van der Waals surface area contributed by atoms with E-state index in [0.29, 0.717) is 13.2 Å². The summed E-state index contributed by atoms with van der Waals surface area (Å²) in [4.78, 5) is 22.1. The van der Waals surface area contributed by atoms with Gasteiger partial charge in [-0.1, -0.05) is 24.3 Å². The molecule has 116 valence electrons. The maximum absolute atomic E-state index is 11.5. The van der Waals surface area contributed by atoms with Gasteiger partial charge < -0.3 is 15.8 Å². The second-order valence-corrected chi connectivity index (χ2v) is 5.90. The van der Waals surface area contributed by atoms with Crippen LogP contribution in [-0.4, -0.2) is 29.4 Å². The summed E-state index contributed by atoms with van der Waals surface area (Å²) in [6, 6.07) is 7.92. The van der Waals surface area contributed by atoms with Crippen LogP contribution < -0.4 is 11.1 Å². The highest BCUT2D eigenvalue weighted by Gasteiger charge is 2.03. The Hall–Kier alpha value is -1.53. The number of benzene rings is 1. The third-order valence-corrected chi connectivity index (χ3v) is 3.53. The largest absolute Gasteiger partial charge is 0.374 e. The van der Waals surface area contributed by atoms with E-state index in [2.05, 4.69) is 5.32 Å². The van der Waals surface area contributed by atoms with Crippen molar-refractivity contribution in [2.45, 2.75) is 33.1 Å². The summed E-state index contributed by atoms with van der Waals surface area (Å²) in [7, 11) is 0. The van der Waals surface area contributed by atoms with Crippen LogP contribution in [0.2, 0.25) is 0 Å². The smallest absolute Gasteiger partial charge is 0.230 e. The molecule has 0 spiro atoms. The van der Waals surface area contributed by atoms with Crippen LogP contribution in [-0.2, 0) is 27.5 Å². The Balaban J connectivity index is 2.28. The van der Waals surface area contributed by atoms with Gasteiger partial charge in [0.1, 0.15) is 0 Å². The van der Waals surface area contributed by atoms with Crippen LogP contribution in [0, 0.1) is 0 Å². The Morgan fingerprint density at radius 2 is 1.81 bits per heavy atom. The number of nitrogens with one attached hydrogen (secondary N) is 1. The molecular formula is C15H22N2O3S. The number of ether oxygens (including phenoxy) is 1. The number of thioether (sulfide) groups is 1. The van der Waals surface area contributed by atoms with Crippen molar-refractivity contribution in [2.24, 2.45) is 5.73 Å². The standard InChI is InChI=1S/C15H22N2O3S/c1-11(2)20-8-13-5-3-12(4-6-13)7-17-15(19)10-21-9-14(16)18/h3-6,11H,7-10H2,1-2H3,(H2,16,18)(H,17,19). The molecule has 1 aromatic carbocycles. The lowest BCUT2D eigenvalue weighted by Gasteiger charge is -2.09. The highest BCUT2D eigenvalue weighted by molar-refractivity contribution is 8.00. The summed E-state index contributed by atoms with van der Waals surface area (Å²) in [6.45, 7) is 5.07. The van der Waals surface area contributed by atoms with E-state index in [1.54, 1.807) is 0 Å². The summed E-state index contributed by atoms with van der Waals surface area (Å²) in [5.74, 6) is -0.109. The van der Waals surface area contributed by atoms with Crippen LogP contribution in [0.15, 0.2) is 24.3 Å². The molecule has 0 aliphatic rings. The van der Waals surface area contributed by atoms with Crippen molar-refractivity contribution in [3.8, 4) is 0 Å². The number of hydrogen-bond acceptors (Lipinski definition) is 4. The molecule has 1 rings (SSSR count). The van der Waals surface area contributed by atoms with Crippen molar-refractivity contribution in [1.29, 1.82) is 0 Å². The number of hydrogen-bond donors (Lipinski definition) is 2. The first kappa shape index (κ1) is 17.5. The van der Waals surface area contributed by atoms with Gasteiger partial charge in [0.25, 0.3) is 0 Å². The fourth-order valence-corrected chi connectivity index (χ4v) is 2.10. The van der Waals surface area contributed by atoms with Gasteiger partial charge >= 0.3 is 0 Å². The predicted octanol–water partition coefficient (Wildman–Crippen LogP) is 1.45. The van der Waals surface area contributed by atoms with E-state index in [4.69, 9.17) is 10.5 Å². The fourth-order valence-electron chi connectivity index (χ4n) is 1.51. The molecular weight excluding hydrogens is 288 g/mol. The normalized spacial score (nSPS) is 10.6. The molecule has 0 aliphatic carbocycles. The lowest BCUT2D eigenvalue weighted by atomic mass is 10.1. The van der Waals surface area contributed by atoms with Gasteiger partial charge in [0.15, 0.2) is 0 Å². The molecule has 0 atom stereocenters. The Morgan fingerprint density at radius 1 is 1.19 bits per heavy atom. The van der Waals surface area contributed by atoms with Crippen molar-refractivity contribution in [2.75, 3.05) is 11.5 Å². The molecule has 0 unspecified atom stereocenters. The van der Waals surface area contributed by atoms with Crippen LogP contribution >= 0.6 is 11.8 Å². The van der Waals surface area contributed by atoms with Crippen LogP contribution in [0.4, 0.5) is 0 Å². The second-order valence-electron chi connectivity index (χ2n) is 4.91. The van der Waals surface area contributed by atoms with Gasteiger partial charge in [-0.15, -0.1) is 11.8 Å². The van der Waals surface area contributed by atoms with E-state index in [9.17, 15) is 9.59 Å². The zero-order valence-corrected chi connectivity index (χ0v) is 13.2. The number of nitrogens with two attached hydrogens (primary N) is 1. The lowest BCUT2D eigenvalue weighted by Crippen LogP contribution is -2.25. The van der Waals surface area contributed by atoms with E-state index in [0.717, 1.165) is 11.1 Å². The minimum absolute atomic E-state index is 0.103. The van der Waals surface area contributed by atoms with Gasteiger partial charge in [-0.3, -0.25) is 9.59 Å². The average Bonchev–Trinajstić information content (AvgIpc) is 2.43. The molecule has 21 heavy (non-hydrogen) atoms. The van der Waals surface area contributed by atoms with Crippen molar-refractivity contribution < 1.29 is 14.3 Å². The Bertz CT molecular complexity index is 460. The minimum Gasteiger partial charge on any atom is -0.374 e. The van der Waals surface area contributed by atoms with Gasteiger partial charge in [-0.25, -0.2) is 0 Å². The molecule has 0 fully saturated rings. The molecule has 0 radical (unpaired) electrons. The first-order valence-corrected chi connectivity index (χ1v) is 7.95. The minimum atomic E-state index is -0.410. The zero-order chi connectivity index (χ0) is 15.7. The van der Waals surface area contributed by atoms with Crippen molar-refractivity contribution in [3.05, 3.63) is 35.4 Å². The quantitative estimate of drug-likeness (QED) is 0.723. The van der Waals surface area contributed by atoms with Gasteiger partial charge in [0.05, 0.1) is 24.2 Å². The van der Waals surface area contributed by atoms with E-state index in [1.807, 2.05) is 38.1 Å². The van der Waals surface area contributed by atoms with Crippen LogP contribution in [0.3, 0.4) is 0 Å². The molecule has 0 aromatic heterocycles. The van der Waals surface area contributed by atoms with Crippen molar-refractivity contribution >= 4 is 23.6 Å². The van der Waals surface area contributed by atoms with Crippen LogP contribution in [0.1, 0.15) is 25.0 Å². The van der Waals surface area contributed by atoms with E-state index in [1.165, 1.54) is 11.8 Å². The second kappa shape index (κ2) is 9.41. The molecule has 0 heterocycles. The van der Waals surface area contributed by atoms with Gasteiger partial charge in [-0.05, 0) is 25.0 Å². The molecule has 3 N–H and O–H groups in total. The van der Waals surface area contributed by atoms with Gasteiger partial charge in [-0.2, -0.15) is 0 Å². The average molecular weight is 310 g/mol. The summed E-state index contributed by atoms with van der Waals surface area (Å²) >= 11 is 1.21. The van der Waals surface area contributed by atoms with Crippen molar-refractivity contribution in [1.82, 2.24) is 5.32 Å². The first-order chi connectivity index (χ1) is 9.97. The molecule has 1 aromatic rings. The zero-order valence-electron chi connectivity index (χ0n) is 12.4. The Labute approximate surface area is 129 Å². The SMILES string of the molecule is CC(C)OCc1ccc(CNC(=O)CSCC(N)=O)cc1. The van der Waals surface area contributed by atoms with Crippen LogP contribution in [0.5, 0.6) is 0 Å². The fraction of sp³-hybridized carbons (Fsp3) is 0.467. The molecule has 0 bridgehead atoms. The summed E-state index contributed by atoms with van der Waals surface area (Å²) in [5, 5.41) is 2.80. The van der Waals surface area contributed by atoms with Crippen LogP contribution in [0.25, 0.3) is 0 Å². The summed E-state index contributed by atoms with van der Waals surface area (Å²) in [6.07, 6.45) is 0.210. The van der Waals surface area contributed by atoms with E-state index >= 15 is 0 Å². The topological polar surface area (TPSA) is 81.4 Å². The summed E-state index contributed by atoms with van der Waals surface area (Å²) < 4.78 is 5.52. The number of carbonyl (C=O) groups excluding carboxylic acids is 2. The molecule has 5 nitrogen and oxygen atoms in total. The monoisotopic (exact) mass is 310 g/mol. The third-order valence-electron chi connectivity index (χ3n) is 2.57. The van der Waals surface area contributed by atoms with Crippen molar-refractivity contribution in [3.63, 3.8) is 0 Å². The van der Waals surface area contributed by atoms with E-state index < -0.39 is 5.91 Å². The molecule has 0 aliphatic heterocycles. The molecule has 2 amide bonds.